The first-order valence-corrected chi connectivity index (χ1v) is 12.7. The molecule has 2 aromatic carbocycles. The van der Waals surface area contributed by atoms with E-state index in [1.807, 2.05) is 24.3 Å². The van der Waals surface area contributed by atoms with E-state index in [2.05, 4.69) is 38.9 Å². The van der Waals surface area contributed by atoms with E-state index < -0.39 is 11.3 Å². The summed E-state index contributed by atoms with van der Waals surface area (Å²) in [6, 6.07) is 14.2. The third kappa shape index (κ3) is 4.59. The Bertz CT molecular complexity index is 1580. The Labute approximate surface area is 219 Å². The molecule has 1 saturated heterocycles. The number of fused-ring (bicyclic) bond motifs is 2. The summed E-state index contributed by atoms with van der Waals surface area (Å²) in [6.07, 6.45) is 6.16. The van der Waals surface area contributed by atoms with Crippen LogP contribution in [0.2, 0.25) is 0 Å². The van der Waals surface area contributed by atoms with Crippen molar-refractivity contribution in [1.82, 2.24) is 20.0 Å². The molecule has 0 atom stereocenters. The maximum absolute atomic E-state index is 13.3. The van der Waals surface area contributed by atoms with Crippen LogP contribution in [0.25, 0.3) is 16.7 Å². The molecule has 0 bridgehead atoms. The van der Waals surface area contributed by atoms with E-state index >= 15 is 0 Å². The van der Waals surface area contributed by atoms with Crippen molar-refractivity contribution in [2.75, 3.05) is 43.6 Å². The average Bonchev–Trinajstić information content (AvgIpc) is 3.42. The Morgan fingerprint density at radius 3 is 2.74 bits per heavy atom. The summed E-state index contributed by atoms with van der Waals surface area (Å²) in [5, 5.41) is 3.52. The molecule has 0 radical (unpaired) electrons. The van der Waals surface area contributed by atoms with Gasteiger partial charge in [-0.3, -0.25) is 14.4 Å². The average molecular weight is 513 g/mol. The molecular formula is C28H28N6O4. The molecule has 10 heteroatoms. The molecule has 0 spiro atoms. The van der Waals surface area contributed by atoms with Crippen molar-refractivity contribution in [2.24, 2.45) is 0 Å². The van der Waals surface area contributed by atoms with Crippen molar-refractivity contribution in [3.8, 4) is 5.69 Å². The van der Waals surface area contributed by atoms with Crippen LogP contribution in [0.1, 0.15) is 27.9 Å². The molecular weight excluding hydrogens is 484 g/mol. The van der Waals surface area contributed by atoms with E-state index in [1.165, 1.54) is 30.6 Å². The van der Waals surface area contributed by atoms with Gasteiger partial charge in [-0.05, 0) is 60.7 Å². The second kappa shape index (κ2) is 10.2. The number of amides is 1. The number of aryl methyl sites for hydroxylation is 2. The zero-order valence-electron chi connectivity index (χ0n) is 21.1. The van der Waals surface area contributed by atoms with Gasteiger partial charge in [0.1, 0.15) is 5.56 Å². The van der Waals surface area contributed by atoms with Gasteiger partial charge in [0.25, 0.3) is 5.91 Å². The Morgan fingerprint density at radius 1 is 1.05 bits per heavy atom. The molecule has 2 aliphatic rings. The van der Waals surface area contributed by atoms with Gasteiger partial charge in [-0.2, -0.15) is 4.98 Å². The molecule has 10 nitrogen and oxygen atoms in total. The minimum Gasteiger partial charge on any atom is -0.378 e. The summed E-state index contributed by atoms with van der Waals surface area (Å²) in [6.45, 7) is 3.08. The lowest BCUT2D eigenvalue weighted by atomic mass is 10.1. The number of carbonyl (C=O) groups excluding carboxylic acids is 1. The van der Waals surface area contributed by atoms with Gasteiger partial charge >= 0.3 is 0 Å². The van der Waals surface area contributed by atoms with E-state index in [-0.39, 0.29) is 10.9 Å². The van der Waals surface area contributed by atoms with Gasteiger partial charge in [0.05, 0.1) is 25.7 Å². The number of hydrogen-bond donors (Lipinski definition) is 2. The van der Waals surface area contributed by atoms with Crippen LogP contribution in [0.4, 0.5) is 17.3 Å². The van der Waals surface area contributed by atoms with Crippen molar-refractivity contribution in [3.05, 3.63) is 81.8 Å². The first kappa shape index (κ1) is 24.1. The van der Waals surface area contributed by atoms with Crippen LogP contribution in [0, 0.1) is 0 Å². The number of ether oxygens (including phenoxy) is 1. The van der Waals surface area contributed by atoms with E-state index in [0.717, 1.165) is 49.4 Å². The fourth-order valence-corrected chi connectivity index (χ4v) is 5.12. The Hall–Kier alpha value is -4.28. The Balaban J connectivity index is 1.43. The van der Waals surface area contributed by atoms with E-state index in [4.69, 9.17) is 14.6 Å². The van der Waals surface area contributed by atoms with Crippen LogP contribution >= 0.6 is 0 Å². The minimum atomic E-state index is -0.628. The fourth-order valence-electron chi connectivity index (χ4n) is 5.12. The minimum absolute atomic E-state index is 0.0534. The summed E-state index contributed by atoms with van der Waals surface area (Å²) in [5.74, 6) is -0.281. The van der Waals surface area contributed by atoms with E-state index in [0.29, 0.717) is 24.8 Å². The lowest BCUT2D eigenvalue weighted by Crippen LogP contribution is -2.36. The van der Waals surface area contributed by atoms with Gasteiger partial charge in [0.15, 0.2) is 5.65 Å². The number of nitrogens with zero attached hydrogens (tertiary/aromatic N) is 4. The predicted octanol–water partition coefficient (Wildman–Crippen LogP) is 3.14. The molecule has 1 fully saturated rings. The van der Waals surface area contributed by atoms with Crippen LogP contribution in [-0.4, -0.2) is 53.9 Å². The summed E-state index contributed by atoms with van der Waals surface area (Å²) in [4.78, 5) is 42.1. The fraction of sp³-hybridized carbons (Fsp3) is 0.286. The maximum Gasteiger partial charge on any atom is 0.280 e. The molecule has 1 aliphatic heterocycles. The van der Waals surface area contributed by atoms with Gasteiger partial charge in [-0.15, -0.1) is 0 Å². The van der Waals surface area contributed by atoms with Crippen molar-refractivity contribution < 1.29 is 14.4 Å². The number of hydrogen-bond acceptors (Lipinski definition) is 8. The number of hydroxylamine groups is 1. The number of anilines is 3. The monoisotopic (exact) mass is 512 g/mol. The molecule has 2 aromatic heterocycles. The smallest absolute Gasteiger partial charge is 0.280 e. The van der Waals surface area contributed by atoms with Crippen molar-refractivity contribution in [1.29, 1.82) is 0 Å². The first-order valence-electron chi connectivity index (χ1n) is 12.7. The summed E-state index contributed by atoms with van der Waals surface area (Å²) < 4.78 is 7.24. The highest BCUT2D eigenvalue weighted by molar-refractivity contribution is 5.96. The van der Waals surface area contributed by atoms with Gasteiger partial charge in [0, 0.05) is 42.5 Å². The molecule has 3 heterocycles. The predicted molar refractivity (Wildman–Crippen MR) is 144 cm³/mol. The topological polar surface area (TPSA) is 111 Å². The maximum atomic E-state index is 13.3. The lowest BCUT2D eigenvalue weighted by Gasteiger charge is -2.29. The highest BCUT2D eigenvalue weighted by atomic mass is 16.6. The van der Waals surface area contributed by atoms with Crippen molar-refractivity contribution in [3.63, 3.8) is 0 Å². The highest BCUT2D eigenvalue weighted by Gasteiger charge is 2.20. The third-order valence-corrected chi connectivity index (χ3v) is 7.02. The molecule has 1 aliphatic carbocycles. The number of pyridine rings is 1. The molecule has 6 rings (SSSR count). The highest BCUT2D eigenvalue weighted by Crippen LogP contribution is 2.27. The second-order valence-electron chi connectivity index (χ2n) is 9.39. The first-order chi connectivity index (χ1) is 18.6. The number of morpholine rings is 1. The van der Waals surface area contributed by atoms with Crippen LogP contribution in [0.3, 0.4) is 0 Å². The van der Waals surface area contributed by atoms with Gasteiger partial charge in [-0.25, -0.2) is 10.5 Å². The van der Waals surface area contributed by atoms with E-state index in [9.17, 15) is 9.59 Å². The SMILES string of the molecule is CONC(=O)c1cn(-c2ccc3c(c2)CCC3)c2nc(Nc3cccc(N4CCOCC4)c3)ncc2c1=O. The molecule has 1 amide bonds. The number of nitrogens with one attached hydrogen (secondary N) is 2. The lowest BCUT2D eigenvalue weighted by molar-refractivity contribution is 0.0536. The van der Waals surface area contributed by atoms with Crippen LogP contribution in [0.15, 0.2) is 59.7 Å². The third-order valence-electron chi connectivity index (χ3n) is 7.02. The van der Waals surface area contributed by atoms with E-state index in [1.54, 1.807) is 4.57 Å². The van der Waals surface area contributed by atoms with Gasteiger partial charge in [-0.1, -0.05) is 12.1 Å². The summed E-state index contributed by atoms with van der Waals surface area (Å²) in [7, 11) is 1.33. The Morgan fingerprint density at radius 2 is 1.89 bits per heavy atom. The molecule has 4 aromatic rings. The summed E-state index contributed by atoms with van der Waals surface area (Å²) >= 11 is 0. The zero-order valence-corrected chi connectivity index (χ0v) is 21.1. The second-order valence-corrected chi connectivity index (χ2v) is 9.39. The normalized spacial score (nSPS) is 14.9. The van der Waals surface area contributed by atoms with Crippen LogP contribution in [-0.2, 0) is 22.4 Å². The standard InChI is InChI=1S/C28H28N6O4/c1-37-32-27(36)24-17-34(22-9-8-18-4-2-5-19(18)14-22)26-23(25(24)35)16-29-28(31-26)30-20-6-3-7-21(15-20)33-10-12-38-13-11-33/h3,6-9,14-17H,2,4-5,10-13H2,1H3,(H,32,36)(H,29,30,31). The molecule has 38 heavy (non-hydrogen) atoms. The zero-order chi connectivity index (χ0) is 26.1. The van der Waals surface area contributed by atoms with Crippen LogP contribution < -0.4 is 21.1 Å². The number of aromatic nitrogens is 3. The molecule has 0 unspecified atom stereocenters. The number of carbonyl (C=O) groups is 1. The molecule has 194 valence electrons. The largest absolute Gasteiger partial charge is 0.378 e. The quantitative estimate of drug-likeness (QED) is 0.379. The molecule has 0 saturated carbocycles. The number of benzene rings is 2. The summed E-state index contributed by atoms with van der Waals surface area (Å²) in [5.41, 5.74) is 7.47. The van der Waals surface area contributed by atoms with Crippen molar-refractivity contribution >= 4 is 34.3 Å². The van der Waals surface area contributed by atoms with Crippen molar-refractivity contribution in [2.45, 2.75) is 19.3 Å². The van der Waals surface area contributed by atoms with Gasteiger partial charge < -0.3 is 19.5 Å². The molecule has 2 N–H and O–H groups in total. The van der Waals surface area contributed by atoms with Gasteiger partial charge in [0.2, 0.25) is 11.4 Å². The Kier molecular flexibility index (Phi) is 6.48. The number of rotatable bonds is 6. The van der Waals surface area contributed by atoms with Crippen LogP contribution in [0.5, 0.6) is 0 Å².